The van der Waals surface area contributed by atoms with E-state index in [-0.39, 0.29) is 16.8 Å². The molecule has 1 aromatic rings. The van der Waals surface area contributed by atoms with Crippen LogP contribution in [0.2, 0.25) is 0 Å². The Hall–Kier alpha value is -1.64. The number of nitrogens with zero attached hydrogens (tertiary/aromatic N) is 2. The number of amides is 1. The third kappa shape index (κ3) is 4.50. The van der Waals surface area contributed by atoms with Gasteiger partial charge in [-0.2, -0.15) is 4.31 Å². The largest absolute Gasteiger partial charge is 0.379 e. The fraction of sp³-hybridized carbons (Fsp3) is 0.650. The molecule has 0 radical (unpaired) electrons. The zero-order chi connectivity index (χ0) is 20.1. The molecule has 0 saturated carbocycles. The van der Waals surface area contributed by atoms with Crippen LogP contribution in [0.1, 0.15) is 49.9 Å². The van der Waals surface area contributed by atoms with Gasteiger partial charge < -0.3 is 15.0 Å². The highest BCUT2D eigenvalue weighted by atomic mass is 32.2. The van der Waals surface area contributed by atoms with Crippen molar-refractivity contribution in [2.75, 3.05) is 44.3 Å². The number of carbonyl (C=O) groups is 1. The van der Waals surface area contributed by atoms with E-state index in [4.69, 9.17) is 4.74 Å². The fourth-order valence-corrected chi connectivity index (χ4v) is 5.41. The van der Waals surface area contributed by atoms with Crippen molar-refractivity contribution >= 4 is 21.6 Å². The lowest BCUT2D eigenvalue weighted by Gasteiger charge is -2.26. The summed E-state index contributed by atoms with van der Waals surface area (Å²) in [4.78, 5) is 15.4. The molecule has 2 heterocycles. The molecule has 0 bridgehead atoms. The van der Waals surface area contributed by atoms with Crippen molar-refractivity contribution in [1.82, 2.24) is 9.62 Å². The van der Waals surface area contributed by atoms with Gasteiger partial charge >= 0.3 is 0 Å². The van der Waals surface area contributed by atoms with Crippen molar-refractivity contribution < 1.29 is 17.9 Å². The summed E-state index contributed by atoms with van der Waals surface area (Å²) in [6.07, 6.45) is 3.95. The number of hydrogen-bond donors (Lipinski definition) is 1. The number of anilines is 1. The van der Waals surface area contributed by atoms with Gasteiger partial charge in [-0.15, -0.1) is 0 Å². The minimum absolute atomic E-state index is 0.0317. The maximum Gasteiger partial charge on any atom is 0.253 e. The second-order valence-corrected chi connectivity index (χ2v) is 9.29. The van der Waals surface area contributed by atoms with E-state index in [1.807, 2.05) is 13.8 Å². The first kappa shape index (κ1) is 21.1. The molecule has 0 spiro atoms. The SMILES string of the molecule is CCN(CC)S(=O)(=O)c1ccc(N2CCCC2)c(C(=O)NC2CCCOC2)c1. The molecule has 28 heavy (non-hydrogen) atoms. The molecule has 2 aliphatic heterocycles. The van der Waals surface area contributed by atoms with Gasteiger partial charge in [0, 0.05) is 38.5 Å². The normalized spacial score (nSPS) is 20.5. The van der Waals surface area contributed by atoms with E-state index in [0.29, 0.717) is 25.3 Å². The molecular weight excluding hydrogens is 378 g/mol. The molecule has 1 N–H and O–H groups in total. The minimum atomic E-state index is -3.62. The van der Waals surface area contributed by atoms with Gasteiger partial charge in [-0.1, -0.05) is 13.8 Å². The number of hydrogen-bond acceptors (Lipinski definition) is 5. The lowest BCUT2D eigenvalue weighted by molar-refractivity contribution is 0.0624. The van der Waals surface area contributed by atoms with Crippen molar-refractivity contribution in [3.05, 3.63) is 23.8 Å². The van der Waals surface area contributed by atoms with E-state index in [1.165, 1.54) is 4.31 Å². The summed E-state index contributed by atoms with van der Waals surface area (Å²) in [6, 6.07) is 4.92. The Morgan fingerprint density at radius 3 is 2.54 bits per heavy atom. The highest BCUT2D eigenvalue weighted by Crippen LogP contribution is 2.29. The number of nitrogens with one attached hydrogen (secondary N) is 1. The number of carbonyl (C=O) groups excluding carboxylic acids is 1. The predicted molar refractivity (Wildman–Crippen MR) is 109 cm³/mol. The van der Waals surface area contributed by atoms with Gasteiger partial charge in [0.05, 0.1) is 23.1 Å². The molecule has 1 aromatic carbocycles. The third-order valence-electron chi connectivity index (χ3n) is 5.50. The minimum Gasteiger partial charge on any atom is -0.379 e. The van der Waals surface area contributed by atoms with Crippen LogP contribution in [0.15, 0.2) is 23.1 Å². The molecule has 1 unspecified atom stereocenters. The van der Waals surface area contributed by atoms with Gasteiger partial charge in [-0.3, -0.25) is 4.79 Å². The highest BCUT2D eigenvalue weighted by Gasteiger charge is 2.27. The molecule has 8 heteroatoms. The van der Waals surface area contributed by atoms with Crippen LogP contribution in [0.3, 0.4) is 0 Å². The average Bonchev–Trinajstić information content (AvgIpc) is 3.23. The van der Waals surface area contributed by atoms with Crippen LogP contribution in [-0.4, -0.2) is 64.1 Å². The monoisotopic (exact) mass is 409 g/mol. The standard InChI is InChI=1S/C20H31N3O4S/c1-3-23(4-2)28(25,26)17-9-10-19(22-11-5-6-12-22)18(14-17)20(24)21-16-8-7-13-27-15-16/h9-10,14,16H,3-8,11-13,15H2,1-2H3,(H,21,24). The van der Waals surface area contributed by atoms with Crippen LogP contribution in [0.4, 0.5) is 5.69 Å². The average molecular weight is 410 g/mol. The second kappa shape index (κ2) is 9.24. The third-order valence-corrected chi connectivity index (χ3v) is 7.54. The molecule has 0 aliphatic carbocycles. The maximum absolute atomic E-state index is 13.1. The maximum atomic E-state index is 13.1. The molecule has 2 saturated heterocycles. The van der Waals surface area contributed by atoms with E-state index in [2.05, 4.69) is 10.2 Å². The van der Waals surface area contributed by atoms with Crippen molar-refractivity contribution in [3.63, 3.8) is 0 Å². The summed E-state index contributed by atoms with van der Waals surface area (Å²) in [7, 11) is -3.62. The molecule has 1 atom stereocenters. The van der Waals surface area contributed by atoms with E-state index >= 15 is 0 Å². The molecule has 2 fully saturated rings. The van der Waals surface area contributed by atoms with Crippen molar-refractivity contribution in [3.8, 4) is 0 Å². The molecule has 2 aliphatic rings. The topological polar surface area (TPSA) is 79.0 Å². The number of rotatable bonds is 7. The first-order valence-corrected chi connectivity index (χ1v) is 11.7. The predicted octanol–water partition coefficient (Wildman–Crippen LogP) is 2.23. The van der Waals surface area contributed by atoms with Gasteiger partial charge in [0.15, 0.2) is 0 Å². The number of sulfonamides is 1. The van der Waals surface area contributed by atoms with E-state index in [1.54, 1.807) is 18.2 Å². The lowest BCUT2D eigenvalue weighted by atomic mass is 10.1. The number of ether oxygens (including phenoxy) is 1. The van der Waals surface area contributed by atoms with Gasteiger partial charge in [-0.05, 0) is 43.9 Å². The zero-order valence-electron chi connectivity index (χ0n) is 16.8. The molecule has 0 aromatic heterocycles. The Morgan fingerprint density at radius 1 is 1.21 bits per heavy atom. The molecule has 156 valence electrons. The summed E-state index contributed by atoms with van der Waals surface area (Å²) >= 11 is 0. The van der Waals surface area contributed by atoms with Gasteiger partial charge in [-0.25, -0.2) is 8.42 Å². The second-order valence-electron chi connectivity index (χ2n) is 7.35. The smallest absolute Gasteiger partial charge is 0.253 e. The lowest BCUT2D eigenvalue weighted by Crippen LogP contribution is -2.41. The Kier molecular flexibility index (Phi) is 6.95. The summed E-state index contributed by atoms with van der Waals surface area (Å²) < 4.78 is 32.8. The van der Waals surface area contributed by atoms with Gasteiger partial charge in [0.25, 0.3) is 5.91 Å². The summed E-state index contributed by atoms with van der Waals surface area (Å²) in [5.41, 5.74) is 1.24. The van der Waals surface area contributed by atoms with Crippen molar-refractivity contribution in [2.45, 2.75) is 50.5 Å². The molecule has 7 nitrogen and oxygen atoms in total. The summed E-state index contributed by atoms with van der Waals surface area (Å²) in [6.45, 7) is 7.42. The highest BCUT2D eigenvalue weighted by molar-refractivity contribution is 7.89. The quantitative estimate of drug-likeness (QED) is 0.747. The Bertz CT molecular complexity index is 781. The molecular formula is C20H31N3O4S. The number of benzene rings is 1. The summed E-state index contributed by atoms with van der Waals surface area (Å²) in [5, 5.41) is 3.04. The molecule has 1 amide bonds. The first-order chi connectivity index (χ1) is 13.5. The Labute approximate surface area is 168 Å². The van der Waals surface area contributed by atoms with Crippen LogP contribution in [0.5, 0.6) is 0 Å². The molecule has 3 rings (SSSR count). The van der Waals surface area contributed by atoms with Gasteiger partial charge in [0.2, 0.25) is 10.0 Å². The van der Waals surface area contributed by atoms with Crippen LogP contribution in [0, 0.1) is 0 Å². The van der Waals surface area contributed by atoms with Crippen molar-refractivity contribution in [2.24, 2.45) is 0 Å². The van der Waals surface area contributed by atoms with E-state index in [0.717, 1.165) is 51.1 Å². The van der Waals surface area contributed by atoms with Crippen LogP contribution in [-0.2, 0) is 14.8 Å². The van der Waals surface area contributed by atoms with Gasteiger partial charge in [0.1, 0.15) is 0 Å². The zero-order valence-corrected chi connectivity index (χ0v) is 17.6. The summed E-state index contributed by atoms with van der Waals surface area (Å²) in [5.74, 6) is -0.228. The Morgan fingerprint density at radius 2 is 1.93 bits per heavy atom. The van der Waals surface area contributed by atoms with E-state index in [9.17, 15) is 13.2 Å². The van der Waals surface area contributed by atoms with E-state index < -0.39 is 10.0 Å². The van der Waals surface area contributed by atoms with Crippen LogP contribution in [0.25, 0.3) is 0 Å². The fourth-order valence-electron chi connectivity index (χ4n) is 3.92. The Balaban J connectivity index is 1.94. The van der Waals surface area contributed by atoms with Crippen molar-refractivity contribution in [1.29, 1.82) is 0 Å². The van der Waals surface area contributed by atoms with Crippen LogP contribution < -0.4 is 10.2 Å². The first-order valence-electron chi connectivity index (χ1n) is 10.2. The van der Waals surface area contributed by atoms with Crippen LogP contribution >= 0.6 is 0 Å².